The second-order valence-corrected chi connectivity index (χ2v) is 5.27. The van der Waals surface area contributed by atoms with Gasteiger partial charge in [-0.25, -0.2) is 0 Å². The van der Waals surface area contributed by atoms with Gasteiger partial charge in [-0.3, -0.25) is 4.79 Å². The highest BCUT2D eigenvalue weighted by atomic mass is 32.1. The van der Waals surface area contributed by atoms with E-state index in [9.17, 15) is 4.79 Å². The Bertz CT molecular complexity index is 311. The molecule has 1 aliphatic rings. The Morgan fingerprint density at radius 2 is 2.06 bits per heavy atom. The molecule has 16 heavy (non-hydrogen) atoms. The summed E-state index contributed by atoms with van der Waals surface area (Å²) in [5.74, 6) is 0.124. The average Bonchev–Trinajstić information content (AvgIpc) is 2.71. The van der Waals surface area contributed by atoms with Gasteiger partial charge in [-0.05, 0) is 24.3 Å². The Morgan fingerprint density at radius 3 is 2.69 bits per heavy atom. The summed E-state index contributed by atoms with van der Waals surface area (Å²) in [4.78, 5) is 12.5. The third-order valence-electron chi connectivity index (χ3n) is 3.05. The van der Waals surface area contributed by atoms with Crippen molar-refractivity contribution < 1.29 is 9.53 Å². The summed E-state index contributed by atoms with van der Waals surface area (Å²) in [5, 5.41) is 1.93. The zero-order chi connectivity index (χ0) is 11.2. The normalized spacial score (nSPS) is 18.2. The molecule has 0 spiro atoms. The molecule has 0 amide bonds. The first kappa shape index (κ1) is 11.8. The maximum atomic E-state index is 11.7. The van der Waals surface area contributed by atoms with Gasteiger partial charge in [0.25, 0.3) is 0 Å². The predicted octanol–water partition coefficient (Wildman–Crippen LogP) is 3.67. The summed E-state index contributed by atoms with van der Waals surface area (Å²) in [5.41, 5.74) is 0. The number of rotatable bonds is 4. The average molecular weight is 238 g/mol. The largest absolute Gasteiger partial charge is 0.370 e. The molecule has 1 fully saturated rings. The summed E-state index contributed by atoms with van der Waals surface area (Å²) < 4.78 is 5.71. The molecule has 2 rings (SSSR count). The van der Waals surface area contributed by atoms with Crippen molar-refractivity contribution in [3.63, 3.8) is 0 Å². The number of thiophene rings is 1. The molecule has 0 aromatic carbocycles. The van der Waals surface area contributed by atoms with Crippen molar-refractivity contribution >= 4 is 17.1 Å². The van der Waals surface area contributed by atoms with Gasteiger partial charge in [0.05, 0.1) is 11.0 Å². The second-order valence-electron chi connectivity index (χ2n) is 4.33. The lowest BCUT2D eigenvalue weighted by atomic mass is 10.1. The second kappa shape index (κ2) is 6.16. The van der Waals surface area contributed by atoms with Crippen molar-refractivity contribution in [3.05, 3.63) is 22.4 Å². The van der Waals surface area contributed by atoms with Gasteiger partial charge in [0.2, 0.25) is 0 Å². The van der Waals surface area contributed by atoms with E-state index in [2.05, 4.69) is 0 Å². The van der Waals surface area contributed by atoms with E-state index >= 15 is 0 Å². The summed E-state index contributed by atoms with van der Waals surface area (Å²) >= 11 is 1.49. The number of hydrogen-bond acceptors (Lipinski definition) is 3. The fourth-order valence-corrected chi connectivity index (χ4v) is 2.76. The van der Waals surface area contributed by atoms with Crippen LogP contribution in [0.5, 0.6) is 0 Å². The highest BCUT2D eigenvalue weighted by molar-refractivity contribution is 7.12. The minimum Gasteiger partial charge on any atom is -0.370 e. The van der Waals surface area contributed by atoms with Crippen LogP contribution in [0.25, 0.3) is 0 Å². The van der Waals surface area contributed by atoms with Crippen molar-refractivity contribution in [3.8, 4) is 0 Å². The molecule has 1 heterocycles. The Labute approximate surface area is 101 Å². The monoisotopic (exact) mass is 238 g/mol. The van der Waals surface area contributed by atoms with Gasteiger partial charge in [-0.15, -0.1) is 11.3 Å². The summed E-state index contributed by atoms with van der Waals surface area (Å²) in [7, 11) is 0. The zero-order valence-corrected chi connectivity index (χ0v) is 10.3. The number of carbonyl (C=O) groups is 1. The topological polar surface area (TPSA) is 26.3 Å². The molecule has 0 bridgehead atoms. The van der Waals surface area contributed by atoms with Crippen molar-refractivity contribution in [1.82, 2.24) is 0 Å². The number of ether oxygens (including phenoxy) is 1. The van der Waals surface area contributed by atoms with E-state index in [0.717, 1.165) is 17.7 Å². The molecule has 2 nitrogen and oxygen atoms in total. The van der Waals surface area contributed by atoms with Gasteiger partial charge < -0.3 is 4.74 Å². The molecule has 1 saturated carbocycles. The standard InChI is InChI=1S/C13H18O2S/c14-12(13-8-5-9-16-13)10-15-11-6-3-1-2-4-7-11/h5,8-9,11H,1-4,6-7,10H2. The maximum Gasteiger partial charge on any atom is 0.198 e. The van der Waals surface area contributed by atoms with Crippen LogP contribution < -0.4 is 0 Å². The molecular weight excluding hydrogens is 220 g/mol. The summed E-state index contributed by atoms with van der Waals surface area (Å²) in [6.45, 7) is 0.255. The minimum atomic E-state index is 0.124. The molecule has 0 aliphatic heterocycles. The van der Waals surface area contributed by atoms with Gasteiger partial charge in [0.15, 0.2) is 5.78 Å². The van der Waals surface area contributed by atoms with Crippen LogP contribution in [0, 0.1) is 0 Å². The lowest BCUT2D eigenvalue weighted by Gasteiger charge is -2.14. The Kier molecular flexibility index (Phi) is 4.55. The lowest BCUT2D eigenvalue weighted by molar-refractivity contribution is 0.0391. The maximum absolute atomic E-state index is 11.7. The minimum absolute atomic E-state index is 0.124. The van der Waals surface area contributed by atoms with E-state index < -0.39 is 0 Å². The van der Waals surface area contributed by atoms with Crippen LogP contribution in [0.1, 0.15) is 48.2 Å². The third-order valence-corrected chi connectivity index (χ3v) is 3.96. The van der Waals surface area contributed by atoms with E-state index in [1.54, 1.807) is 0 Å². The molecule has 0 unspecified atom stereocenters. The van der Waals surface area contributed by atoms with Crippen LogP contribution >= 0.6 is 11.3 Å². The number of carbonyl (C=O) groups excluding carboxylic acids is 1. The molecule has 3 heteroatoms. The van der Waals surface area contributed by atoms with Crippen LogP contribution in [0.2, 0.25) is 0 Å². The Morgan fingerprint density at radius 1 is 1.31 bits per heavy atom. The molecule has 1 aromatic rings. The van der Waals surface area contributed by atoms with Crippen molar-refractivity contribution in [1.29, 1.82) is 0 Å². The third kappa shape index (κ3) is 3.42. The van der Waals surface area contributed by atoms with Crippen molar-refractivity contribution in [2.75, 3.05) is 6.61 Å². The van der Waals surface area contributed by atoms with Crippen LogP contribution in [-0.4, -0.2) is 18.5 Å². The van der Waals surface area contributed by atoms with Crippen molar-refractivity contribution in [2.45, 2.75) is 44.6 Å². The van der Waals surface area contributed by atoms with E-state index in [-0.39, 0.29) is 12.4 Å². The summed E-state index contributed by atoms with van der Waals surface area (Å²) in [6, 6.07) is 3.77. The quantitative estimate of drug-likeness (QED) is 0.591. The van der Waals surface area contributed by atoms with E-state index in [4.69, 9.17) is 4.74 Å². The highest BCUT2D eigenvalue weighted by Gasteiger charge is 2.15. The number of ketones is 1. The first-order valence-electron chi connectivity index (χ1n) is 6.04. The smallest absolute Gasteiger partial charge is 0.198 e. The first-order chi connectivity index (χ1) is 7.86. The van der Waals surface area contributed by atoms with Crippen molar-refractivity contribution in [2.24, 2.45) is 0 Å². The van der Waals surface area contributed by atoms with E-state index in [1.165, 1.54) is 37.0 Å². The van der Waals surface area contributed by atoms with Crippen LogP contribution in [0.3, 0.4) is 0 Å². The molecule has 1 aliphatic carbocycles. The van der Waals surface area contributed by atoms with Crippen LogP contribution in [-0.2, 0) is 4.74 Å². The van der Waals surface area contributed by atoms with Gasteiger partial charge in [-0.2, -0.15) is 0 Å². The molecule has 0 radical (unpaired) electrons. The SMILES string of the molecule is O=C(COC1CCCCCC1)c1cccs1. The van der Waals surface area contributed by atoms with E-state index in [1.807, 2.05) is 17.5 Å². The molecule has 88 valence electrons. The molecule has 1 aromatic heterocycles. The molecule has 0 atom stereocenters. The van der Waals surface area contributed by atoms with Gasteiger partial charge in [-0.1, -0.05) is 31.7 Å². The fraction of sp³-hybridized carbons (Fsp3) is 0.615. The summed E-state index contributed by atoms with van der Waals surface area (Å²) in [6.07, 6.45) is 7.69. The lowest BCUT2D eigenvalue weighted by Crippen LogP contribution is -2.17. The van der Waals surface area contributed by atoms with Gasteiger partial charge >= 0.3 is 0 Å². The van der Waals surface area contributed by atoms with Gasteiger partial charge in [0, 0.05) is 0 Å². The molecular formula is C13H18O2S. The first-order valence-corrected chi connectivity index (χ1v) is 6.92. The van der Waals surface area contributed by atoms with Crippen LogP contribution in [0.15, 0.2) is 17.5 Å². The number of hydrogen-bond donors (Lipinski definition) is 0. The molecule has 0 N–H and O–H groups in total. The van der Waals surface area contributed by atoms with Crippen LogP contribution in [0.4, 0.5) is 0 Å². The Hall–Kier alpha value is -0.670. The highest BCUT2D eigenvalue weighted by Crippen LogP contribution is 2.20. The van der Waals surface area contributed by atoms with E-state index in [0.29, 0.717) is 6.10 Å². The zero-order valence-electron chi connectivity index (χ0n) is 9.48. The molecule has 0 saturated heterocycles. The number of Topliss-reactive ketones (excluding diaryl/α,β-unsaturated/α-hetero) is 1. The predicted molar refractivity (Wildman–Crippen MR) is 66.1 cm³/mol. The fourth-order valence-electron chi connectivity index (χ4n) is 2.11. The van der Waals surface area contributed by atoms with Gasteiger partial charge in [0.1, 0.15) is 6.61 Å². The Balaban J connectivity index is 1.76.